The van der Waals surface area contributed by atoms with Crippen molar-refractivity contribution in [1.82, 2.24) is 0 Å². The molecule has 15 heavy (non-hydrogen) atoms. The summed E-state index contributed by atoms with van der Waals surface area (Å²) in [6.07, 6.45) is 0.936. The van der Waals surface area contributed by atoms with E-state index in [-0.39, 0.29) is 5.82 Å². The van der Waals surface area contributed by atoms with Gasteiger partial charge in [0.1, 0.15) is 5.82 Å². The van der Waals surface area contributed by atoms with Gasteiger partial charge >= 0.3 is 0 Å². The molecule has 0 saturated heterocycles. The maximum atomic E-state index is 13.3. The fourth-order valence-electron chi connectivity index (χ4n) is 1.18. The topological polar surface area (TPSA) is 12.0 Å². The van der Waals surface area contributed by atoms with Gasteiger partial charge in [0.05, 0.1) is 4.47 Å². The second kappa shape index (κ2) is 5.31. The van der Waals surface area contributed by atoms with Gasteiger partial charge < -0.3 is 5.32 Å². The molecule has 0 spiro atoms. The second-order valence-corrected chi connectivity index (χ2v) is 4.39. The van der Waals surface area contributed by atoms with E-state index in [4.69, 9.17) is 0 Å². The Morgan fingerprint density at radius 3 is 2.80 bits per heavy atom. The molecule has 1 aromatic rings. The zero-order valence-electron chi connectivity index (χ0n) is 9.03. The van der Waals surface area contributed by atoms with E-state index >= 15 is 0 Å². The zero-order valence-corrected chi connectivity index (χ0v) is 10.6. The zero-order chi connectivity index (χ0) is 11.4. The molecule has 0 bridgehead atoms. The maximum Gasteiger partial charge on any atom is 0.139 e. The second-order valence-electron chi connectivity index (χ2n) is 3.54. The Balaban J connectivity index is 2.77. The van der Waals surface area contributed by atoms with E-state index in [0.29, 0.717) is 11.0 Å². The lowest BCUT2D eigenvalue weighted by Gasteiger charge is -2.11. The first-order chi connectivity index (χ1) is 7.04. The Morgan fingerprint density at radius 2 is 2.20 bits per heavy atom. The van der Waals surface area contributed by atoms with Crippen LogP contribution in [0.2, 0.25) is 0 Å². The standard InChI is InChI=1S/C12H15BrFN/c1-4-8(2)7-15-12-6-11(14)10(13)5-9(12)3/h5-6,15H,2,4,7H2,1,3H3. The van der Waals surface area contributed by atoms with Crippen LogP contribution < -0.4 is 5.32 Å². The molecule has 0 saturated carbocycles. The third kappa shape index (κ3) is 3.34. The highest BCUT2D eigenvalue weighted by Gasteiger charge is 2.04. The lowest BCUT2D eigenvalue weighted by molar-refractivity contribution is 0.621. The monoisotopic (exact) mass is 271 g/mol. The molecule has 0 aliphatic heterocycles. The van der Waals surface area contributed by atoms with Gasteiger partial charge in [-0.3, -0.25) is 0 Å². The van der Waals surface area contributed by atoms with Crippen LogP contribution in [0.25, 0.3) is 0 Å². The SMILES string of the molecule is C=C(CC)CNc1cc(F)c(Br)cc1C. The van der Waals surface area contributed by atoms with E-state index in [1.807, 2.05) is 6.92 Å². The van der Waals surface area contributed by atoms with E-state index < -0.39 is 0 Å². The van der Waals surface area contributed by atoms with Crippen molar-refractivity contribution in [2.24, 2.45) is 0 Å². The molecular formula is C12H15BrFN. The van der Waals surface area contributed by atoms with Gasteiger partial charge in [-0.2, -0.15) is 0 Å². The van der Waals surface area contributed by atoms with Crippen molar-refractivity contribution in [2.45, 2.75) is 20.3 Å². The third-order valence-electron chi connectivity index (χ3n) is 2.30. The van der Waals surface area contributed by atoms with Crippen LogP contribution in [0, 0.1) is 12.7 Å². The molecule has 0 heterocycles. The summed E-state index contributed by atoms with van der Waals surface area (Å²) in [7, 11) is 0. The van der Waals surface area contributed by atoms with E-state index in [9.17, 15) is 4.39 Å². The van der Waals surface area contributed by atoms with Gasteiger partial charge in [0.25, 0.3) is 0 Å². The molecule has 0 aliphatic rings. The molecule has 0 radical (unpaired) electrons. The summed E-state index contributed by atoms with van der Waals surface area (Å²) in [6.45, 7) is 8.59. The smallest absolute Gasteiger partial charge is 0.139 e. The van der Waals surface area contributed by atoms with Crippen LogP contribution in [0.3, 0.4) is 0 Å². The molecule has 1 aromatic carbocycles. The highest BCUT2D eigenvalue weighted by atomic mass is 79.9. The van der Waals surface area contributed by atoms with E-state index in [0.717, 1.165) is 23.2 Å². The van der Waals surface area contributed by atoms with Crippen LogP contribution >= 0.6 is 15.9 Å². The molecule has 1 N–H and O–H groups in total. The van der Waals surface area contributed by atoms with Crippen molar-refractivity contribution >= 4 is 21.6 Å². The predicted molar refractivity (Wildman–Crippen MR) is 66.8 cm³/mol. The lowest BCUT2D eigenvalue weighted by Crippen LogP contribution is -2.05. The van der Waals surface area contributed by atoms with Crippen molar-refractivity contribution < 1.29 is 4.39 Å². The molecule has 0 atom stereocenters. The summed E-state index contributed by atoms with van der Waals surface area (Å²) in [5, 5.41) is 3.17. The molecule has 0 fully saturated rings. The number of nitrogens with one attached hydrogen (secondary N) is 1. The molecule has 0 amide bonds. The van der Waals surface area contributed by atoms with E-state index in [2.05, 4.69) is 34.7 Å². The fourth-order valence-corrected chi connectivity index (χ4v) is 1.64. The average molecular weight is 272 g/mol. The average Bonchev–Trinajstić information content (AvgIpc) is 2.21. The van der Waals surface area contributed by atoms with Crippen LogP contribution in [-0.2, 0) is 0 Å². The summed E-state index contributed by atoms with van der Waals surface area (Å²) in [4.78, 5) is 0. The Kier molecular flexibility index (Phi) is 4.33. The van der Waals surface area contributed by atoms with Crippen LogP contribution in [0.15, 0.2) is 28.8 Å². The van der Waals surface area contributed by atoms with Crippen molar-refractivity contribution in [3.05, 3.63) is 40.1 Å². The summed E-state index contributed by atoms with van der Waals surface area (Å²) in [5.74, 6) is -0.245. The molecule has 0 aliphatic carbocycles. The van der Waals surface area contributed by atoms with Gasteiger partial charge in [0, 0.05) is 12.2 Å². The number of halogens is 2. The molecule has 1 nitrogen and oxygen atoms in total. The number of anilines is 1. The maximum absolute atomic E-state index is 13.3. The third-order valence-corrected chi connectivity index (χ3v) is 2.90. The van der Waals surface area contributed by atoms with E-state index in [1.165, 1.54) is 6.07 Å². The minimum absolute atomic E-state index is 0.245. The van der Waals surface area contributed by atoms with Crippen LogP contribution in [0.4, 0.5) is 10.1 Å². The minimum Gasteiger partial charge on any atom is -0.381 e. The van der Waals surface area contributed by atoms with Crippen LogP contribution in [0.5, 0.6) is 0 Å². The highest BCUT2D eigenvalue weighted by Crippen LogP contribution is 2.24. The fraction of sp³-hybridized carbons (Fsp3) is 0.333. The van der Waals surface area contributed by atoms with Crippen molar-refractivity contribution in [3.8, 4) is 0 Å². The summed E-state index contributed by atoms with van der Waals surface area (Å²) >= 11 is 3.15. The van der Waals surface area contributed by atoms with Gasteiger partial charge in [0.2, 0.25) is 0 Å². The molecule has 82 valence electrons. The number of benzene rings is 1. The Labute approximate surface area is 98.5 Å². The van der Waals surface area contributed by atoms with Crippen LogP contribution in [-0.4, -0.2) is 6.54 Å². The number of rotatable bonds is 4. The molecule has 1 rings (SSSR count). The summed E-state index contributed by atoms with van der Waals surface area (Å²) in [6, 6.07) is 3.27. The first-order valence-corrected chi connectivity index (χ1v) is 5.70. The molecule has 3 heteroatoms. The quantitative estimate of drug-likeness (QED) is 0.807. The molecular weight excluding hydrogens is 257 g/mol. The number of aryl methyl sites for hydroxylation is 1. The van der Waals surface area contributed by atoms with Crippen molar-refractivity contribution in [3.63, 3.8) is 0 Å². The lowest BCUT2D eigenvalue weighted by atomic mass is 10.2. The van der Waals surface area contributed by atoms with Gasteiger partial charge in [0.15, 0.2) is 0 Å². The van der Waals surface area contributed by atoms with Crippen LogP contribution in [0.1, 0.15) is 18.9 Å². The molecule has 0 unspecified atom stereocenters. The Hall–Kier alpha value is -0.830. The van der Waals surface area contributed by atoms with Gasteiger partial charge in [-0.15, -0.1) is 0 Å². The Morgan fingerprint density at radius 1 is 1.53 bits per heavy atom. The van der Waals surface area contributed by atoms with Crippen molar-refractivity contribution in [2.75, 3.05) is 11.9 Å². The first kappa shape index (κ1) is 12.2. The first-order valence-electron chi connectivity index (χ1n) is 4.90. The minimum atomic E-state index is -0.245. The van der Waals surface area contributed by atoms with E-state index in [1.54, 1.807) is 6.07 Å². The van der Waals surface area contributed by atoms with Crippen molar-refractivity contribution in [1.29, 1.82) is 0 Å². The predicted octanol–water partition coefficient (Wildman–Crippen LogP) is 4.27. The highest BCUT2D eigenvalue weighted by molar-refractivity contribution is 9.10. The number of hydrogen-bond acceptors (Lipinski definition) is 1. The molecule has 0 aromatic heterocycles. The number of hydrogen-bond donors (Lipinski definition) is 1. The Bertz CT molecular complexity index is 374. The van der Waals surface area contributed by atoms with Gasteiger partial charge in [-0.1, -0.05) is 19.1 Å². The van der Waals surface area contributed by atoms with Gasteiger partial charge in [-0.25, -0.2) is 4.39 Å². The summed E-state index contributed by atoms with van der Waals surface area (Å²) < 4.78 is 13.8. The normalized spacial score (nSPS) is 10.1. The summed E-state index contributed by atoms with van der Waals surface area (Å²) in [5.41, 5.74) is 2.95. The largest absolute Gasteiger partial charge is 0.381 e. The van der Waals surface area contributed by atoms with Gasteiger partial charge in [-0.05, 0) is 47.0 Å².